The average Bonchev–Trinajstić information content (AvgIpc) is 2.38. The lowest BCUT2D eigenvalue weighted by Gasteiger charge is -2.06. The Kier molecular flexibility index (Phi) is 5.80. The summed E-state index contributed by atoms with van der Waals surface area (Å²) in [5.41, 5.74) is 0.461. The first-order valence-electron chi connectivity index (χ1n) is 5.39. The first-order chi connectivity index (χ1) is 8.95. The highest BCUT2D eigenvalue weighted by Crippen LogP contribution is 2.24. The third-order valence-corrected chi connectivity index (χ3v) is 2.96. The Hall–Kier alpha value is -1.58. The number of hydrogen-bond acceptors (Lipinski definition) is 3. The lowest BCUT2D eigenvalue weighted by atomic mass is 10.0. The molecule has 0 spiro atoms. The summed E-state index contributed by atoms with van der Waals surface area (Å²) in [6.07, 6.45) is 1.27. The summed E-state index contributed by atoms with van der Waals surface area (Å²) in [5.74, 6) is -0.896. The molecule has 1 aromatic carbocycles. The molecule has 0 heterocycles. The predicted molar refractivity (Wildman–Crippen MR) is 75.7 cm³/mol. The van der Waals surface area contributed by atoms with E-state index in [2.05, 4.69) is 13.2 Å². The van der Waals surface area contributed by atoms with E-state index in [1.165, 1.54) is 24.3 Å². The van der Waals surface area contributed by atoms with Crippen molar-refractivity contribution in [3.05, 3.63) is 58.6 Å². The van der Waals surface area contributed by atoms with E-state index in [1.54, 1.807) is 0 Å². The second kappa shape index (κ2) is 7.12. The van der Waals surface area contributed by atoms with E-state index in [1.807, 2.05) is 0 Å². The molecule has 1 rings (SSSR count). The Morgan fingerprint density at radius 3 is 2.53 bits per heavy atom. The highest BCUT2D eigenvalue weighted by Gasteiger charge is 2.15. The molecule has 0 aliphatic heterocycles. The van der Waals surface area contributed by atoms with Crippen molar-refractivity contribution in [3.63, 3.8) is 0 Å². The van der Waals surface area contributed by atoms with Crippen LogP contribution in [-0.2, 0) is 9.53 Å². The van der Waals surface area contributed by atoms with Crippen LogP contribution >= 0.6 is 23.2 Å². The fourth-order valence-corrected chi connectivity index (χ4v) is 1.60. The largest absolute Gasteiger partial charge is 0.461 e. The van der Waals surface area contributed by atoms with Gasteiger partial charge in [0.15, 0.2) is 5.78 Å². The van der Waals surface area contributed by atoms with Crippen LogP contribution < -0.4 is 0 Å². The summed E-state index contributed by atoms with van der Waals surface area (Å²) in [5, 5.41) is 0.628. The summed E-state index contributed by atoms with van der Waals surface area (Å²) in [6, 6.07) is 4.48. The number of ether oxygens (including phenoxy) is 1. The zero-order valence-corrected chi connectivity index (χ0v) is 11.6. The maximum absolute atomic E-state index is 12.0. The molecule has 0 N–H and O–H groups in total. The maximum atomic E-state index is 12.0. The number of carbonyl (C=O) groups excluding carboxylic acids is 2. The second-order valence-electron chi connectivity index (χ2n) is 3.71. The first-order valence-corrected chi connectivity index (χ1v) is 6.15. The van der Waals surface area contributed by atoms with Gasteiger partial charge in [0, 0.05) is 11.1 Å². The molecule has 19 heavy (non-hydrogen) atoms. The average molecular weight is 299 g/mol. The maximum Gasteiger partial charge on any atom is 0.310 e. The molecule has 0 aliphatic carbocycles. The lowest BCUT2D eigenvalue weighted by Crippen LogP contribution is -2.10. The fraction of sp³-hybridized carbons (Fsp3) is 0.143. The number of rotatable bonds is 6. The topological polar surface area (TPSA) is 43.4 Å². The van der Waals surface area contributed by atoms with Crippen molar-refractivity contribution < 1.29 is 14.3 Å². The Morgan fingerprint density at radius 2 is 1.95 bits per heavy atom. The molecule has 0 saturated heterocycles. The van der Waals surface area contributed by atoms with E-state index in [0.29, 0.717) is 10.6 Å². The van der Waals surface area contributed by atoms with Crippen molar-refractivity contribution >= 4 is 35.0 Å². The van der Waals surface area contributed by atoms with E-state index < -0.39 is 5.97 Å². The number of hydrogen-bond donors (Lipinski definition) is 0. The van der Waals surface area contributed by atoms with Crippen LogP contribution in [0.2, 0.25) is 10.0 Å². The number of halogens is 2. The third-order valence-electron chi connectivity index (χ3n) is 2.22. The predicted octanol–water partition coefficient (Wildman–Crippen LogP) is 3.85. The molecule has 0 bridgehead atoms. The Morgan fingerprint density at radius 1 is 1.26 bits per heavy atom. The summed E-state index contributed by atoms with van der Waals surface area (Å²) >= 11 is 11.6. The van der Waals surface area contributed by atoms with E-state index in [-0.39, 0.29) is 29.4 Å². The van der Waals surface area contributed by atoms with Crippen LogP contribution in [0.25, 0.3) is 0 Å². The van der Waals surface area contributed by atoms with Gasteiger partial charge in [0.05, 0.1) is 16.5 Å². The van der Waals surface area contributed by atoms with Gasteiger partial charge in [-0.15, -0.1) is 0 Å². The van der Waals surface area contributed by atoms with Gasteiger partial charge in [-0.05, 0) is 18.2 Å². The molecule has 0 amide bonds. The monoisotopic (exact) mass is 298 g/mol. The van der Waals surface area contributed by atoms with Gasteiger partial charge < -0.3 is 4.74 Å². The summed E-state index contributed by atoms with van der Waals surface area (Å²) in [4.78, 5) is 23.3. The number of esters is 1. The third kappa shape index (κ3) is 4.54. The first kappa shape index (κ1) is 15.5. The van der Waals surface area contributed by atoms with Gasteiger partial charge >= 0.3 is 5.97 Å². The number of carbonyl (C=O) groups is 2. The minimum atomic E-state index is -0.529. The molecule has 0 aromatic heterocycles. The van der Waals surface area contributed by atoms with Crippen molar-refractivity contribution in [2.75, 3.05) is 6.61 Å². The van der Waals surface area contributed by atoms with Crippen LogP contribution in [0.1, 0.15) is 16.8 Å². The highest BCUT2D eigenvalue weighted by molar-refractivity contribution is 6.42. The van der Waals surface area contributed by atoms with Crippen molar-refractivity contribution in [3.8, 4) is 0 Å². The van der Waals surface area contributed by atoms with Crippen LogP contribution in [0.5, 0.6) is 0 Å². The Balaban J connectivity index is 2.71. The van der Waals surface area contributed by atoms with E-state index >= 15 is 0 Å². The molecule has 0 saturated carbocycles. The van der Waals surface area contributed by atoms with Crippen LogP contribution in [0, 0.1) is 0 Å². The molecular formula is C14H12Cl2O3. The molecule has 0 fully saturated rings. The molecular weight excluding hydrogens is 287 g/mol. The molecule has 100 valence electrons. The van der Waals surface area contributed by atoms with Gasteiger partial charge in [-0.1, -0.05) is 42.4 Å². The van der Waals surface area contributed by atoms with Gasteiger partial charge in [0.1, 0.15) is 6.61 Å². The zero-order valence-electron chi connectivity index (χ0n) is 10.1. The SMILES string of the molecule is C=CCOC(=O)CC(=C)C(=O)c1ccc(Cl)c(Cl)c1. The van der Waals surface area contributed by atoms with Crippen LogP contribution in [0.3, 0.4) is 0 Å². The fourth-order valence-electron chi connectivity index (χ4n) is 1.30. The van der Waals surface area contributed by atoms with Crippen LogP contribution in [0.4, 0.5) is 0 Å². The van der Waals surface area contributed by atoms with Gasteiger partial charge in [0.25, 0.3) is 0 Å². The van der Waals surface area contributed by atoms with Gasteiger partial charge in [-0.25, -0.2) is 0 Å². The van der Waals surface area contributed by atoms with Crippen LogP contribution in [0.15, 0.2) is 43.0 Å². The molecule has 0 unspecified atom stereocenters. The van der Waals surface area contributed by atoms with E-state index in [9.17, 15) is 9.59 Å². The number of benzene rings is 1. The zero-order chi connectivity index (χ0) is 14.4. The molecule has 0 atom stereocenters. The van der Waals surface area contributed by atoms with Gasteiger partial charge in [-0.3, -0.25) is 9.59 Å². The van der Waals surface area contributed by atoms with E-state index in [0.717, 1.165) is 0 Å². The van der Waals surface area contributed by atoms with Gasteiger partial charge in [-0.2, -0.15) is 0 Å². The minimum absolute atomic E-state index is 0.104. The summed E-state index contributed by atoms with van der Waals surface area (Å²) in [6.45, 7) is 7.10. The molecule has 5 heteroatoms. The molecule has 3 nitrogen and oxygen atoms in total. The molecule has 1 aromatic rings. The highest BCUT2D eigenvalue weighted by atomic mass is 35.5. The van der Waals surface area contributed by atoms with Crippen molar-refractivity contribution in [2.45, 2.75) is 6.42 Å². The smallest absolute Gasteiger partial charge is 0.310 e. The van der Waals surface area contributed by atoms with Crippen molar-refractivity contribution in [1.82, 2.24) is 0 Å². The quantitative estimate of drug-likeness (QED) is 0.347. The van der Waals surface area contributed by atoms with E-state index in [4.69, 9.17) is 27.9 Å². The minimum Gasteiger partial charge on any atom is -0.461 e. The summed E-state index contributed by atoms with van der Waals surface area (Å²) in [7, 11) is 0. The standard InChI is InChI=1S/C14H12Cl2O3/c1-3-6-19-13(17)7-9(2)14(18)10-4-5-11(15)12(16)8-10/h3-5,8H,1-2,6-7H2. The van der Waals surface area contributed by atoms with Crippen LogP contribution in [-0.4, -0.2) is 18.4 Å². The van der Waals surface area contributed by atoms with Crippen molar-refractivity contribution in [1.29, 1.82) is 0 Å². The van der Waals surface area contributed by atoms with Gasteiger partial charge in [0.2, 0.25) is 0 Å². The lowest BCUT2D eigenvalue weighted by molar-refractivity contribution is -0.141. The molecule has 0 radical (unpaired) electrons. The normalized spacial score (nSPS) is 9.79. The second-order valence-corrected chi connectivity index (χ2v) is 4.52. The van der Waals surface area contributed by atoms with Crippen molar-refractivity contribution in [2.24, 2.45) is 0 Å². The number of ketones is 1. The Labute approximate surface area is 121 Å². The Bertz CT molecular complexity index is 535. The molecule has 0 aliphatic rings. The number of Topliss-reactive ketones (excluding diaryl/α,β-unsaturated/α-hetero) is 1. The summed E-state index contributed by atoms with van der Waals surface area (Å²) < 4.78 is 4.77.